The van der Waals surface area contributed by atoms with E-state index in [4.69, 9.17) is 18.9 Å². The van der Waals surface area contributed by atoms with E-state index in [0.29, 0.717) is 13.0 Å². The van der Waals surface area contributed by atoms with Gasteiger partial charge < -0.3 is 34.3 Å². The first-order valence-corrected chi connectivity index (χ1v) is 28.8. The van der Waals surface area contributed by atoms with E-state index in [1.54, 1.807) is 0 Å². The molecule has 0 bridgehead atoms. The summed E-state index contributed by atoms with van der Waals surface area (Å²) in [5.41, 5.74) is 0. The minimum Gasteiger partial charge on any atom is -0.457 e. The monoisotopic (exact) mass is 963 g/mol. The number of rotatable bonds is 49. The molecule has 6 atom stereocenters. The van der Waals surface area contributed by atoms with E-state index in [0.717, 1.165) is 57.8 Å². The lowest BCUT2D eigenvalue weighted by Crippen LogP contribution is -2.60. The summed E-state index contributed by atoms with van der Waals surface area (Å²) in [4.78, 5) is 12.9. The number of unbranched alkanes of at least 4 members (excludes halogenated alkanes) is 34. The Hall–Kier alpha value is -1.16. The summed E-state index contributed by atoms with van der Waals surface area (Å²) in [5.74, 6) is -0.402. The van der Waals surface area contributed by atoms with Crippen LogP contribution in [0.4, 0.5) is 0 Å². The van der Waals surface area contributed by atoms with E-state index in [-0.39, 0.29) is 19.6 Å². The number of carbonyl (C=O) groups is 1. The summed E-state index contributed by atoms with van der Waals surface area (Å²) in [6.07, 6.45) is 42.6. The molecule has 4 N–H and O–H groups in total. The van der Waals surface area contributed by atoms with Crippen LogP contribution in [0.5, 0.6) is 0 Å². The van der Waals surface area contributed by atoms with E-state index >= 15 is 0 Å². The maximum Gasteiger partial charge on any atom is 0.397 e. The van der Waals surface area contributed by atoms with Crippen LogP contribution in [-0.4, -0.2) is 97.5 Å². The molecule has 0 spiro atoms. The Morgan fingerprint density at radius 1 is 0.561 bits per heavy atom. The summed E-state index contributed by atoms with van der Waals surface area (Å²) in [6, 6.07) is 0. The minimum absolute atomic E-state index is 0.0390. The molecule has 0 saturated carbocycles. The SMILES string of the molecule is CCCCCCCC/C=C\CCCCCCCC(=O)OC(COCCCCCCCCCCCCCCCCCCCCCCCCCC)COC1OC(CO)C(O)C(OS(=O)(=O)O)C1O. The first-order chi connectivity index (χ1) is 32.1. The lowest BCUT2D eigenvalue weighted by Gasteiger charge is -2.41. The van der Waals surface area contributed by atoms with Gasteiger partial charge in [0.25, 0.3) is 0 Å². The number of ether oxygens (including phenoxy) is 4. The first kappa shape index (κ1) is 62.9. The molecule has 1 rings (SSSR count). The Balaban J connectivity index is 2.28. The number of carbonyl (C=O) groups excluding carboxylic acids is 1. The normalized spacial score (nSPS) is 19.5. The average molecular weight is 963 g/mol. The van der Waals surface area contributed by atoms with Gasteiger partial charge in [-0.1, -0.05) is 225 Å². The largest absolute Gasteiger partial charge is 0.457 e. The molecule has 0 aliphatic carbocycles. The van der Waals surface area contributed by atoms with Gasteiger partial charge in [0, 0.05) is 13.0 Å². The van der Waals surface area contributed by atoms with Gasteiger partial charge in [-0.2, -0.15) is 8.42 Å². The molecule has 0 radical (unpaired) electrons. The second-order valence-electron chi connectivity index (χ2n) is 19.2. The van der Waals surface area contributed by atoms with Crippen LogP contribution < -0.4 is 0 Å². The molecule has 0 aromatic carbocycles. The Bertz CT molecular complexity index is 1200. The second kappa shape index (κ2) is 45.0. The number of hydrogen-bond donors (Lipinski definition) is 4. The molecule has 0 amide bonds. The van der Waals surface area contributed by atoms with Crippen molar-refractivity contribution in [1.29, 1.82) is 0 Å². The third-order valence-electron chi connectivity index (χ3n) is 12.9. The first-order valence-electron chi connectivity index (χ1n) is 27.4. The zero-order chi connectivity index (χ0) is 48.2. The van der Waals surface area contributed by atoms with Crippen molar-refractivity contribution >= 4 is 16.4 Å². The summed E-state index contributed by atoms with van der Waals surface area (Å²) in [7, 11) is -5.06. The van der Waals surface area contributed by atoms with Gasteiger partial charge >= 0.3 is 16.4 Å². The highest BCUT2D eigenvalue weighted by Crippen LogP contribution is 2.26. The topological polar surface area (TPSA) is 178 Å². The summed E-state index contributed by atoms with van der Waals surface area (Å²) >= 11 is 0. The second-order valence-corrected chi connectivity index (χ2v) is 20.2. The van der Waals surface area contributed by atoms with Crippen LogP contribution in [0.15, 0.2) is 12.2 Å². The van der Waals surface area contributed by atoms with Crippen LogP contribution >= 0.6 is 0 Å². The molecular weight excluding hydrogens is 861 g/mol. The van der Waals surface area contributed by atoms with E-state index in [1.807, 2.05) is 0 Å². The molecule has 12 nitrogen and oxygen atoms in total. The zero-order valence-corrected chi connectivity index (χ0v) is 43.1. The van der Waals surface area contributed by atoms with Crippen molar-refractivity contribution < 1.29 is 56.2 Å². The van der Waals surface area contributed by atoms with Crippen LogP contribution in [-0.2, 0) is 38.3 Å². The highest BCUT2D eigenvalue weighted by atomic mass is 32.3. The van der Waals surface area contributed by atoms with Crippen molar-refractivity contribution in [3.63, 3.8) is 0 Å². The summed E-state index contributed by atoms with van der Waals surface area (Å²) < 4.78 is 59.3. The van der Waals surface area contributed by atoms with Gasteiger partial charge in [-0.15, -0.1) is 0 Å². The predicted molar refractivity (Wildman–Crippen MR) is 267 cm³/mol. The van der Waals surface area contributed by atoms with Crippen LogP contribution in [0.2, 0.25) is 0 Å². The van der Waals surface area contributed by atoms with Gasteiger partial charge in [0.2, 0.25) is 0 Å². The Labute approximate surface area is 404 Å². The number of allylic oxidation sites excluding steroid dienone is 2. The van der Waals surface area contributed by atoms with Gasteiger partial charge in [0.05, 0.1) is 19.8 Å². The lowest BCUT2D eigenvalue weighted by atomic mass is 9.99. The Morgan fingerprint density at radius 2 is 0.955 bits per heavy atom. The molecule has 1 heterocycles. The predicted octanol–water partition coefficient (Wildman–Crippen LogP) is 13.0. The van der Waals surface area contributed by atoms with Crippen LogP contribution in [0.1, 0.15) is 258 Å². The van der Waals surface area contributed by atoms with Gasteiger partial charge in [-0.25, -0.2) is 4.18 Å². The highest BCUT2D eigenvalue weighted by molar-refractivity contribution is 7.80. The van der Waals surface area contributed by atoms with Crippen molar-refractivity contribution in [2.75, 3.05) is 26.4 Å². The van der Waals surface area contributed by atoms with Crippen LogP contribution in [0.25, 0.3) is 0 Å². The van der Waals surface area contributed by atoms with Crippen molar-refractivity contribution in [3.8, 4) is 0 Å². The highest BCUT2D eigenvalue weighted by Gasteiger charge is 2.48. The van der Waals surface area contributed by atoms with E-state index in [1.165, 1.54) is 173 Å². The van der Waals surface area contributed by atoms with E-state index < -0.39 is 59.8 Å². The molecule has 66 heavy (non-hydrogen) atoms. The standard InChI is InChI=1S/C53H102O12S/c1-3-5-7-9-11-13-15-17-19-20-21-22-23-24-25-26-27-29-31-33-35-37-39-41-43-61-45-47(46-62-53-51(57)52(65-66(58,59)60)50(56)48(44-54)64-53)63-49(55)42-40-38-36-34-32-30-28-18-16-14-12-10-8-6-4-2/h18,28,47-48,50-54,56-57H,3-17,19-27,29-46H2,1-2H3,(H,58,59,60)/b28-18-. The van der Waals surface area contributed by atoms with Gasteiger partial charge in [-0.05, 0) is 38.5 Å². The number of aliphatic hydroxyl groups excluding tert-OH is 3. The molecule has 1 aliphatic heterocycles. The Morgan fingerprint density at radius 3 is 1.36 bits per heavy atom. The van der Waals surface area contributed by atoms with Gasteiger partial charge in [0.15, 0.2) is 6.29 Å². The third-order valence-corrected chi connectivity index (χ3v) is 13.4. The van der Waals surface area contributed by atoms with Crippen LogP contribution in [0, 0.1) is 0 Å². The fraction of sp³-hybridized carbons (Fsp3) is 0.943. The van der Waals surface area contributed by atoms with Gasteiger partial charge in [-0.3, -0.25) is 9.35 Å². The molecule has 13 heteroatoms. The maximum atomic E-state index is 12.9. The number of aliphatic hydroxyl groups is 3. The zero-order valence-electron chi connectivity index (χ0n) is 42.3. The molecule has 1 saturated heterocycles. The molecule has 0 aromatic rings. The number of hydrogen-bond acceptors (Lipinski definition) is 11. The van der Waals surface area contributed by atoms with Gasteiger partial charge in [0.1, 0.15) is 30.5 Å². The van der Waals surface area contributed by atoms with Crippen molar-refractivity contribution in [2.45, 2.75) is 295 Å². The quantitative estimate of drug-likeness (QED) is 0.0197. The maximum absolute atomic E-state index is 12.9. The van der Waals surface area contributed by atoms with E-state index in [9.17, 15) is 33.1 Å². The molecule has 0 aromatic heterocycles. The fourth-order valence-electron chi connectivity index (χ4n) is 8.73. The van der Waals surface area contributed by atoms with E-state index in [2.05, 4.69) is 30.2 Å². The molecule has 1 aliphatic rings. The lowest BCUT2D eigenvalue weighted by molar-refractivity contribution is -0.301. The van der Waals surface area contributed by atoms with Crippen molar-refractivity contribution in [1.82, 2.24) is 0 Å². The number of esters is 1. The average Bonchev–Trinajstić information content (AvgIpc) is 3.29. The Kier molecular flexibility index (Phi) is 42.9. The third kappa shape index (κ3) is 37.7. The summed E-state index contributed by atoms with van der Waals surface area (Å²) in [6.45, 7) is 4.03. The van der Waals surface area contributed by atoms with Crippen molar-refractivity contribution in [3.05, 3.63) is 12.2 Å². The van der Waals surface area contributed by atoms with Crippen molar-refractivity contribution in [2.24, 2.45) is 0 Å². The molecular formula is C53H102O12S. The molecule has 1 fully saturated rings. The fourth-order valence-corrected chi connectivity index (χ4v) is 9.24. The minimum atomic E-state index is -5.06. The smallest absolute Gasteiger partial charge is 0.397 e. The molecule has 6 unspecified atom stereocenters. The summed E-state index contributed by atoms with van der Waals surface area (Å²) in [5, 5.41) is 30.8. The molecule has 392 valence electrons. The van der Waals surface area contributed by atoms with Crippen LogP contribution in [0.3, 0.4) is 0 Å².